The molecule has 0 spiro atoms. The highest BCUT2D eigenvalue weighted by Crippen LogP contribution is 2.41. The van der Waals surface area contributed by atoms with E-state index in [1.807, 2.05) is 12.1 Å². The molecule has 0 heterocycles. The minimum atomic E-state index is 0.0793. The number of ether oxygens (including phenoxy) is 2. The van der Waals surface area contributed by atoms with E-state index >= 15 is 0 Å². The van der Waals surface area contributed by atoms with Crippen LogP contribution in [0.2, 0.25) is 0 Å². The largest absolute Gasteiger partial charge is 0.359 e. The summed E-state index contributed by atoms with van der Waals surface area (Å²) in [4.78, 5) is 2.61. The van der Waals surface area contributed by atoms with Gasteiger partial charge in [-0.05, 0) is 81.3 Å². The van der Waals surface area contributed by atoms with Crippen LogP contribution in [-0.4, -0.2) is 37.9 Å². The van der Waals surface area contributed by atoms with Gasteiger partial charge in [-0.15, -0.1) is 0 Å². The average Bonchev–Trinajstić information content (AvgIpc) is 3.00. The fraction of sp³-hybridized carbons (Fsp3) is 0.682. The highest BCUT2D eigenvalue weighted by atomic mass is 16.7. The zero-order chi connectivity index (χ0) is 18.9. The monoisotopic (exact) mass is 358 g/mol. The van der Waals surface area contributed by atoms with Crippen LogP contribution in [0, 0.1) is 17.2 Å². The standard InChI is InChI=1S/C22H34N2O2/c1-5-11-24(12-6-2)17(3)7-9-19-14-20-13-18(15-23)8-10-21(20)22(19)26-16-25-4/h8,10,13,17,19,22H,5-7,9,11-12,14,16H2,1-4H3. The predicted octanol–water partition coefficient (Wildman–Crippen LogP) is 4.68. The fourth-order valence-electron chi connectivity index (χ4n) is 4.16. The summed E-state index contributed by atoms with van der Waals surface area (Å²) in [7, 11) is 1.67. The molecule has 26 heavy (non-hydrogen) atoms. The van der Waals surface area contributed by atoms with Crippen LogP contribution in [0.1, 0.15) is 69.2 Å². The molecule has 4 heteroatoms. The summed E-state index contributed by atoms with van der Waals surface area (Å²) in [6.45, 7) is 9.53. The normalized spacial score (nSPS) is 20.2. The van der Waals surface area contributed by atoms with E-state index in [-0.39, 0.29) is 6.10 Å². The van der Waals surface area contributed by atoms with Crippen LogP contribution in [0.5, 0.6) is 0 Å². The zero-order valence-electron chi connectivity index (χ0n) is 16.8. The highest BCUT2D eigenvalue weighted by molar-refractivity contribution is 5.42. The number of methoxy groups -OCH3 is 1. The third-order valence-corrected chi connectivity index (χ3v) is 5.45. The maximum absolute atomic E-state index is 9.17. The van der Waals surface area contributed by atoms with Gasteiger partial charge >= 0.3 is 0 Å². The van der Waals surface area contributed by atoms with Crippen LogP contribution in [0.25, 0.3) is 0 Å². The van der Waals surface area contributed by atoms with Crippen LogP contribution in [-0.2, 0) is 15.9 Å². The first kappa shape index (κ1) is 20.9. The minimum absolute atomic E-state index is 0.0793. The van der Waals surface area contributed by atoms with Crippen molar-refractivity contribution in [2.45, 2.75) is 65.0 Å². The Balaban J connectivity index is 2.04. The molecule has 1 aromatic rings. The van der Waals surface area contributed by atoms with Gasteiger partial charge in [0, 0.05) is 13.2 Å². The lowest BCUT2D eigenvalue weighted by molar-refractivity contribution is -0.0904. The van der Waals surface area contributed by atoms with Gasteiger partial charge in [0.05, 0.1) is 17.7 Å². The second-order valence-corrected chi connectivity index (χ2v) is 7.45. The van der Waals surface area contributed by atoms with Gasteiger partial charge in [-0.2, -0.15) is 5.26 Å². The smallest absolute Gasteiger partial charge is 0.147 e. The molecular weight excluding hydrogens is 324 g/mol. The number of nitrogens with zero attached hydrogens (tertiary/aromatic N) is 2. The Morgan fingerprint density at radius 3 is 2.62 bits per heavy atom. The van der Waals surface area contributed by atoms with E-state index in [0.717, 1.165) is 18.4 Å². The van der Waals surface area contributed by atoms with Gasteiger partial charge < -0.3 is 14.4 Å². The molecule has 1 aliphatic rings. The van der Waals surface area contributed by atoms with Crippen molar-refractivity contribution in [2.24, 2.45) is 5.92 Å². The number of hydrogen-bond acceptors (Lipinski definition) is 4. The molecular formula is C22H34N2O2. The lowest BCUT2D eigenvalue weighted by Crippen LogP contribution is -2.35. The Hall–Kier alpha value is -1.41. The predicted molar refractivity (Wildman–Crippen MR) is 105 cm³/mol. The van der Waals surface area contributed by atoms with Crippen LogP contribution in [0.3, 0.4) is 0 Å². The average molecular weight is 359 g/mol. The van der Waals surface area contributed by atoms with Crippen molar-refractivity contribution in [1.82, 2.24) is 4.90 Å². The summed E-state index contributed by atoms with van der Waals surface area (Å²) in [6, 6.07) is 8.84. The second kappa shape index (κ2) is 10.7. The van der Waals surface area contributed by atoms with Crippen LogP contribution in [0.4, 0.5) is 0 Å². The molecule has 3 unspecified atom stereocenters. The number of rotatable bonds is 11. The number of fused-ring (bicyclic) bond motifs is 1. The molecule has 4 nitrogen and oxygen atoms in total. The van der Waals surface area contributed by atoms with Gasteiger partial charge in [-0.3, -0.25) is 0 Å². The summed E-state index contributed by atoms with van der Waals surface area (Å²) in [5, 5.41) is 9.17. The van der Waals surface area contributed by atoms with Crippen molar-refractivity contribution in [2.75, 3.05) is 27.0 Å². The van der Waals surface area contributed by atoms with Crippen molar-refractivity contribution in [3.63, 3.8) is 0 Å². The SMILES string of the molecule is CCCN(CCC)C(C)CCC1Cc2cc(C#N)ccc2C1OCOC. The lowest BCUT2D eigenvalue weighted by Gasteiger charge is -2.30. The molecule has 0 N–H and O–H groups in total. The third kappa shape index (κ3) is 5.30. The Kier molecular flexibility index (Phi) is 8.58. The van der Waals surface area contributed by atoms with E-state index in [0.29, 0.717) is 18.8 Å². The van der Waals surface area contributed by atoms with Crippen molar-refractivity contribution >= 4 is 0 Å². The Morgan fingerprint density at radius 2 is 2.00 bits per heavy atom. The number of hydrogen-bond donors (Lipinski definition) is 0. The van der Waals surface area contributed by atoms with E-state index in [1.165, 1.54) is 43.5 Å². The zero-order valence-corrected chi connectivity index (χ0v) is 16.8. The highest BCUT2D eigenvalue weighted by Gasteiger charge is 2.33. The first-order chi connectivity index (χ1) is 12.6. The molecule has 0 saturated carbocycles. The van der Waals surface area contributed by atoms with Crippen molar-refractivity contribution in [3.05, 3.63) is 34.9 Å². The Morgan fingerprint density at radius 1 is 1.27 bits per heavy atom. The molecule has 0 bridgehead atoms. The molecule has 0 aromatic heterocycles. The molecule has 3 atom stereocenters. The van der Waals surface area contributed by atoms with Gasteiger partial charge in [0.1, 0.15) is 6.79 Å². The lowest BCUT2D eigenvalue weighted by atomic mass is 9.94. The van der Waals surface area contributed by atoms with Crippen molar-refractivity contribution < 1.29 is 9.47 Å². The molecule has 1 aliphatic carbocycles. The van der Waals surface area contributed by atoms with Crippen LogP contribution < -0.4 is 0 Å². The summed E-state index contributed by atoms with van der Waals surface area (Å²) < 4.78 is 11.2. The van der Waals surface area contributed by atoms with Gasteiger partial charge in [0.25, 0.3) is 0 Å². The van der Waals surface area contributed by atoms with Gasteiger partial charge in [0.2, 0.25) is 0 Å². The molecule has 0 amide bonds. The van der Waals surface area contributed by atoms with Gasteiger partial charge in [-0.1, -0.05) is 19.9 Å². The minimum Gasteiger partial charge on any atom is -0.359 e. The van der Waals surface area contributed by atoms with Crippen LogP contribution >= 0.6 is 0 Å². The number of nitriles is 1. The van der Waals surface area contributed by atoms with E-state index in [2.05, 4.69) is 37.8 Å². The van der Waals surface area contributed by atoms with Crippen molar-refractivity contribution in [1.29, 1.82) is 5.26 Å². The fourth-order valence-corrected chi connectivity index (χ4v) is 4.16. The first-order valence-electron chi connectivity index (χ1n) is 10.0. The van der Waals surface area contributed by atoms with Crippen molar-refractivity contribution in [3.8, 4) is 6.07 Å². The molecule has 0 saturated heterocycles. The molecule has 0 aliphatic heterocycles. The molecule has 0 radical (unpaired) electrons. The van der Waals surface area contributed by atoms with Gasteiger partial charge in [-0.25, -0.2) is 0 Å². The Labute approximate surface area is 159 Å². The summed E-state index contributed by atoms with van der Waals surface area (Å²) >= 11 is 0. The maximum Gasteiger partial charge on any atom is 0.147 e. The summed E-state index contributed by atoms with van der Waals surface area (Å²) in [5.74, 6) is 0.460. The molecule has 1 aromatic carbocycles. The molecule has 144 valence electrons. The van der Waals surface area contributed by atoms with E-state index in [4.69, 9.17) is 9.47 Å². The summed E-state index contributed by atoms with van der Waals surface area (Å²) in [6.07, 6.45) is 5.79. The Bertz CT molecular complexity index is 590. The van der Waals surface area contributed by atoms with E-state index in [1.54, 1.807) is 7.11 Å². The van der Waals surface area contributed by atoms with Crippen LogP contribution in [0.15, 0.2) is 18.2 Å². The maximum atomic E-state index is 9.17. The van der Waals surface area contributed by atoms with E-state index < -0.39 is 0 Å². The topological polar surface area (TPSA) is 45.5 Å². The van der Waals surface area contributed by atoms with Gasteiger partial charge in [0.15, 0.2) is 0 Å². The van der Waals surface area contributed by atoms with E-state index in [9.17, 15) is 5.26 Å². The first-order valence-corrected chi connectivity index (χ1v) is 10.0. The quantitative estimate of drug-likeness (QED) is 0.539. The molecule has 2 rings (SSSR count). The summed E-state index contributed by atoms with van der Waals surface area (Å²) in [5.41, 5.74) is 3.24. The number of benzene rings is 1. The third-order valence-electron chi connectivity index (χ3n) is 5.45. The second-order valence-electron chi connectivity index (χ2n) is 7.45. The molecule has 0 fully saturated rings.